The Balaban J connectivity index is 1.54. The van der Waals surface area contributed by atoms with Crippen LogP contribution in [0.25, 0.3) is 0 Å². The van der Waals surface area contributed by atoms with Crippen molar-refractivity contribution in [2.45, 2.75) is 30.9 Å². The second-order valence-electron chi connectivity index (χ2n) is 6.65. The van der Waals surface area contributed by atoms with E-state index < -0.39 is 24.5 Å². The van der Waals surface area contributed by atoms with Gasteiger partial charge in [0.1, 0.15) is 6.54 Å². The molecule has 1 atom stereocenters. The molecule has 1 unspecified atom stereocenters. The van der Waals surface area contributed by atoms with Crippen LogP contribution in [0.4, 0.5) is 13.2 Å². The van der Waals surface area contributed by atoms with Gasteiger partial charge in [-0.3, -0.25) is 9.59 Å². The zero-order valence-electron chi connectivity index (χ0n) is 13.1. The maximum absolute atomic E-state index is 12.4. The number of hydrogen-bond acceptors (Lipinski definition) is 2. The van der Waals surface area contributed by atoms with Gasteiger partial charge in [-0.2, -0.15) is 13.2 Å². The van der Waals surface area contributed by atoms with E-state index in [1.54, 1.807) is 0 Å². The van der Waals surface area contributed by atoms with Crippen LogP contribution < -0.4 is 5.32 Å². The first kappa shape index (κ1) is 16.8. The van der Waals surface area contributed by atoms with Crippen LogP contribution in [0.2, 0.25) is 0 Å². The second-order valence-corrected chi connectivity index (χ2v) is 6.65. The van der Waals surface area contributed by atoms with Crippen LogP contribution >= 0.6 is 0 Å². The quantitative estimate of drug-likeness (QED) is 0.894. The molecule has 4 nitrogen and oxygen atoms in total. The Morgan fingerprint density at radius 2 is 1.92 bits per heavy atom. The molecular formula is C17H19F3N2O2. The Labute approximate surface area is 138 Å². The first-order chi connectivity index (χ1) is 11.3. The molecule has 0 aromatic heterocycles. The van der Waals surface area contributed by atoms with Gasteiger partial charge in [-0.25, -0.2) is 0 Å². The average molecular weight is 340 g/mol. The number of rotatable bonds is 5. The van der Waals surface area contributed by atoms with Crippen molar-refractivity contribution in [2.24, 2.45) is 5.92 Å². The maximum Gasteiger partial charge on any atom is 0.406 e. The molecule has 24 heavy (non-hydrogen) atoms. The van der Waals surface area contributed by atoms with E-state index in [1.165, 1.54) is 0 Å². The molecule has 1 aromatic rings. The van der Waals surface area contributed by atoms with Crippen molar-refractivity contribution in [2.75, 3.05) is 19.6 Å². The van der Waals surface area contributed by atoms with Gasteiger partial charge in [-0.1, -0.05) is 30.3 Å². The Kier molecular flexibility index (Phi) is 4.27. The number of hydrogen-bond donors (Lipinski definition) is 1. The summed E-state index contributed by atoms with van der Waals surface area (Å²) in [5.74, 6) is -1.65. The average Bonchev–Trinajstić information content (AvgIpc) is 3.24. The summed E-state index contributed by atoms with van der Waals surface area (Å²) in [6.45, 7) is -0.994. The second kappa shape index (κ2) is 6.11. The summed E-state index contributed by atoms with van der Waals surface area (Å²) >= 11 is 0. The number of likely N-dealkylation sites (tertiary alicyclic amines) is 1. The van der Waals surface area contributed by atoms with Gasteiger partial charge in [0.05, 0.1) is 5.92 Å². The van der Waals surface area contributed by atoms with Crippen LogP contribution in [0, 0.1) is 5.92 Å². The molecule has 0 spiro atoms. The Bertz CT molecular complexity index is 626. The van der Waals surface area contributed by atoms with Gasteiger partial charge in [0.2, 0.25) is 11.8 Å². The van der Waals surface area contributed by atoms with E-state index in [9.17, 15) is 22.8 Å². The van der Waals surface area contributed by atoms with Crippen LogP contribution in [0.5, 0.6) is 0 Å². The van der Waals surface area contributed by atoms with Crippen LogP contribution in [0.15, 0.2) is 30.3 Å². The maximum atomic E-state index is 12.4. The standard InChI is InChI=1S/C17H19F3N2O2/c18-17(19,20)11-22-9-12(8-14(22)23)15(24)21-10-16(6-7-16)13-4-2-1-3-5-13/h1-5,12H,6-11H2,(H,21,24). The van der Waals surface area contributed by atoms with Crippen molar-refractivity contribution in [3.8, 4) is 0 Å². The Morgan fingerprint density at radius 1 is 1.25 bits per heavy atom. The first-order valence-electron chi connectivity index (χ1n) is 7.97. The number of amides is 2. The lowest BCUT2D eigenvalue weighted by molar-refractivity contribution is -0.157. The minimum atomic E-state index is -4.44. The van der Waals surface area contributed by atoms with Gasteiger partial charge in [0.25, 0.3) is 0 Å². The minimum absolute atomic E-state index is 0.0643. The summed E-state index contributed by atoms with van der Waals surface area (Å²) in [6, 6.07) is 9.86. The molecule has 1 aliphatic carbocycles. The van der Waals surface area contributed by atoms with Crippen LogP contribution in [-0.4, -0.2) is 42.5 Å². The molecule has 2 fully saturated rings. The molecule has 1 aromatic carbocycles. The summed E-state index contributed by atoms with van der Waals surface area (Å²) < 4.78 is 37.2. The molecule has 2 aliphatic rings. The van der Waals surface area contributed by atoms with E-state index in [0.717, 1.165) is 18.4 Å². The molecule has 7 heteroatoms. The van der Waals surface area contributed by atoms with Crippen molar-refractivity contribution in [3.63, 3.8) is 0 Å². The Morgan fingerprint density at radius 3 is 2.50 bits per heavy atom. The monoisotopic (exact) mass is 340 g/mol. The lowest BCUT2D eigenvalue weighted by Gasteiger charge is -2.20. The van der Waals surface area contributed by atoms with Crippen LogP contribution in [0.1, 0.15) is 24.8 Å². The van der Waals surface area contributed by atoms with E-state index in [0.29, 0.717) is 11.4 Å². The summed E-state index contributed by atoms with van der Waals surface area (Å²) in [6.07, 6.45) is -2.64. The number of carbonyl (C=O) groups is 2. The Hall–Kier alpha value is -2.05. The fourth-order valence-electron chi connectivity index (χ4n) is 3.23. The molecule has 1 saturated carbocycles. The van der Waals surface area contributed by atoms with E-state index in [-0.39, 0.29) is 24.3 Å². The van der Waals surface area contributed by atoms with Crippen LogP contribution in [0.3, 0.4) is 0 Å². The number of benzene rings is 1. The third-order valence-corrected chi connectivity index (χ3v) is 4.80. The topological polar surface area (TPSA) is 49.4 Å². The van der Waals surface area contributed by atoms with E-state index in [2.05, 4.69) is 5.32 Å². The summed E-state index contributed by atoms with van der Waals surface area (Å²) in [4.78, 5) is 24.6. The van der Waals surface area contributed by atoms with Gasteiger partial charge in [0, 0.05) is 24.9 Å². The predicted octanol–water partition coefficient (Wildman–Crippen LogP) is 2.25. The molecular weight excluding hydrogens is 321 g/mol. The molecule has 130 valence electrons. The SMILES string of the molecule is O=C(NCC1(c2ccccc2)CC1)C1CC(=O)N(CC(F)(F)F)C1. The highest BCUT2D eigenvalue weighted by Crippen LogP contribution is 2.47. The zero-order valence-corrected chi connectivity index (χ0v) is 13.1. The number of nitrogens with one attached hydrogen (secondary N) is 1. The number of halogens is 3. The van der Waals surface area contributed by atoms with E-state index in [1.807, 2.05) is 30.3 Å². The largest absolute Gasteiger partial charge is 0.406 e. The van der Waals surface area contributed by atoms with Crippen molar-refractivity contribution in [1.82, 2.24) is 10.2 Å². The third kappa shape index (κ3) is 3.71. The predicted molar refractivity (Wildman–Crippen MR) is 81.1 cm³/mol. The number of nitrogens with zero attached hydrogens (tertiary/aromatic N) is 1. The molecule has 0 bridgehead atoms. The fourth-order valence-corrected chi connectivity index (χ4v) is 3.23. The van der Waals surface area contributed by atoms with E-state index >= 15 is 0 Å². The van der Waals surface area contributed by atoms with Crippen LogP contribution in [-0.2, 0) is 15.0 Å². The lowest BCUT2D eigenvalue weighted by Crippen LogP contribution is -2.39. The zero-order chi connectivity index (χ0) is 17.4. The highest BCUT2D eigenvalue weighted by Gasteiger charge is 2.45. The van der Waals surface area contributed by atoms with Crippen molar-refractivity contribution >= 4 is 11.8 Å². The highest BCUT2D eigenvalue weighted by molar-refractivity contribution is 5.89. The van der Waals surface area contributed by atoms with E-state index in [4.69, 9.17) is 0 Å². The molecule has 0 radical (unpaired) electrons. The molecule has 1 saturated heterocycles. The lowest BCUT2D eigenvalue weighted by atomic mass is 9.95. The molecule has 1 heterocycles. The third-order valence-electron chi connectivity index (χ3n) is 4.80. The van der Waals surface area contributed by atoms with Crippen molar-refractivity contribution in [3.05, 3.63) is 35.9 Å². The molecule has 3 rings (SSSR count). The molecule has 2 amide bonds. The van der Waals surface area contributed by atoms with Gasteiger partial charge in [-0.05, 0) is 18.4 Å². The van der Waals surface area contributed by atoms with Gasteiger partial charge in [0.15, 0.2) is 0 Å². The van der Waals surface area contributed by atoms with Gasteiger partial charge in [-0.15, -0.1) is 0 Å². The normalized spacial score (nSPS) is 22.5. The number of carbonyl (C=O) groups excluding carboxylic acids is 2. The number of alkyl halides is 3. The highest BCUT2D eigenvalue weighted by atomic mass is 19.4. The fraction of sp³-hybridized carbons (Fsp3) is 0.529. The smallest absolute Gasteiger partial charge is 0.355 e. The molecule has 1 aliphatic heterocycles. The summed E-state index contributed by atoms with van der Waals surface area (Å²) in [5, 5.41) is 2.83. The van der Waals surface area contributed by atoms with Gasteiger partial charge >= 0.3 is 6.18 Å². The first-order valence-corrected chi connectivity index (χ1v) is 7.97. The molecule has 1 N–H and O–H groups in total. The summed E-state index contributed by atoms with van der Waals surface area (Å²) in [5.41, 5.74) is 1.09. The van der Waals surface area contributed by atoms with Gasteiger partial charge < -0.3 is 10.2 Å². The van der Waals surface area contributed by atoms with Crippen molar-refractivity contribution in [1.29, 1.82) is 0 Å². The minimum Gasteiger partial charge on any atom is -0.355 e. The van der Waals surface area contributed by atoms with Crippen molar-refractivity contribution < 1.29 is 22.8 Å². The summed E-state index contributed by atoms with van der Waals surface area (Å²) in [7, 11) is 0.